The molecule has 3 heteroatoms. The van der Waals surface area contributed by atoms with Crippen LogP contribution in [0.5, 0.6) is 0 Å². The van der Waals surface area contributed by atoms with Gasteiger partial charge < -0.3 is 10.1 Å². The highest BCUT2D eigenvalue weighted by molar-refractivity contribution is 5.50. The molecule has 6 aromatic carbocycles. The van der Waals surface area contributed by atoms with Gasteiger partial charge in [0.2, 0.25) is 0 Å². The third-order valence-electron chi connectivity index (χ3n) is 9.63. The molecule has 0 aromatic heterocycles. The zero-order valence-corrected chi connectivity index (χ0v) is 26.8. The normalized spacial score (nSPS) is 15.7. The summed E-state index contributed by atoms with van der Waals surface area (Å²) in [7, 11) is 0. The molecule has 7 rings (SSSR count). The van der Waals surface area contributed by atoms with Crippen molar-refractivity contribution in [3.8, 4) is 0 Å². The molecule has 234 valence electrons. The van der Waals surface area contributed by atoms with Crippen molar-refractivity contribution in [1.82, 2.24) is 10.2 Å². The fourth-order valence-electron chi connectivity index (χ4n) is 7.53. The quantitative estimate of drug-likeness (QED) is 0.148. The second-order valence-electron chi connectivity index (χ2n) is 12.3. The number of hydrogen-bond donors (Lipinski definition) is 1. The number of piperazine rings is 1. The molecule has 0 saturated carbocycles. The summed E-state index contributed by atoms with van der Waals surface area (Å²) in [5, 5.41) is 3.86. The van der Waals surface area contributed by atoms with Gasteiger partial charge in [0.1, 0.15) is 5.60 Å². The van der Waals surface area contributed by atoms with Crippen LogP contribution in [-0.4, -0.2) is 37.2 Å². The number of rotatable bonds is 11. The molecule has 0 spiro atoms. The molecular weight excluding hydrogens is 572 g/mol. The number of nitrogens with one attached hydrogen (secondary N) is 1. The number of ether oxygens (including phenoxy) is 1. The Bertz CT molecular complexity index is 1600. The van der Waals surface area contributed by atoms with Crippen LogP contribution in [0.1, 0.15) is 39.8 Å². The fourth-order valence-corrected chi connectivity index (χ4v) is 7.53. The van der Waals surface area contributed by atoms with Crippen LogP contribution < -0.4 is 5.32 Å². The van der Waals surface area contributed by atoms with Crippen molar-refractivity contribution >= 4 is 0 Å². The maximum absolute atomic E-state index is 7.21. The van der Waals surface area contributed by atoms with Crippen molar-refractivity contribution in [3.63, 3.8) is 0 Å². The fraction of sp³-hybridized carbons (Fsp3) is 0.182. The first-order valence-corrected chi connectivity index (χ1v) is 16.8. The van der Waals surface area contributed by atoms with Crippen LogP contribution in [0.25, 0.3) is 0 Å². The van der Waals surface area contributed by atoms with Gasteiger partial charge >= 0.3 is 0 Å². The Morgan fingerprint density at radius 1 is 0.489 bits per heavy atom. The molecule has 1 atom stereocenters. The number of hydrogen-bond acceptors (Lipinski definition) is 3. The summed E-state index contributed by atoms with van der Waals surface area (Å²) in [4.78, 5) is 2.69. The molecule has 1 fully saturated rings. The lowest BCUT2D eigenvalue weighted by Gasteiger charge is -2.49. The molecule has 1 heterocycles. The van der Waals surface area contributed by atoms with Gasteiger partial charge in [-0.1, -0.05) is 182 Å². The third kappa shape index (κ3) is 6.06. The minimum atomic E-state index is -0.722. The molecule has 0 amide bonds. The molecule has 0 aliphatic carbocycles. The first kappa shape index (κ1) is 30.8. The first-order chi connectivity index (χ1) is 23.3. The Morgan fingerprint density at radius 3 is 1.19 bits per heavy atom. The van der Waals surface area contributed by atoms with E-state index in [-0.39, 0.29) is 6.04 Å². The van der Waals surface area contributed by atoms with E-state index in [0.29, 0.717) is 6.61 Å². The molecule has 1 aliphatic heterocycles. The highest BCUT2D eigenvalue weighted by Gasteiger charge is 2.44. The lowest BCUT2D eigenvalue weighted by molar-refractivity contribution is 0.00213. The second kappa shape index (κ2) is 14.3. The van der Waals surface area contributed by atoms with E-state index in [1.54, 1.807) is 0 Å². The maximum Gasteiger partial charge on any atom is 0.143 e. The molecule has 1 unspecified atom stereocenters. The average Bonchev–Trinajstić information content (AvgIpc) is 3.16. The Morgan fingerprint density at radius 2 is 0.830 bits per heavy atom. The van der Waals surface area contributed by atoms with Gasteiger partial charge in [-0.25, -0.2) is 0 Å². The number of nitrogens with zero attached hydrogens (tertiary/aromatic N) is 1. The summed E-state index contributed by atoms with van der Waals surface area (Å²) in [6.07, 6.45) is 0.874. The molecule has 1 N–H and O–H groups in total. The lowest BCUT2D eigenvalue weighted by atomic mass is 9.75. The summed E-state index contributed by atoms with van der Waals surface area (Å²) in [5.74, 6) is 0. The molecule has 0 radical (unpaired) electrons. The van der Waals surface area contributed by atoms with Crippen LogP contribution in [0.15, 0.2) is 182 Å². The van der Waals surface area contributed by atoms with E-state index in [2.05, 4.69) is 192 Å². The molecule has 0 bridgehead atoms. The largest absolute Gasteiger partial charge is 0.361 e. The van der Waals surface area contributed by atoms with E-state index in [9.17, 15) is 0 Å². The van der Waals surface area contributed by atoms with E-state index < -0.39 is 11.1 Å². The van der Waals surface area contributed by atoms with Crippen LogP contribution in [0, 0.1) is 0 Å². The maximum atomic E-state index is 7.21. The number of benzene rings is 6. The first-order valence-electron chi connectivity index (χ1n) is 16.8. The van der Waals surface area contributed by atoms with Gasteiger partial charge in [0.15, 0.2) is 0 Å². The van der Waals surface area contributed by atoms with E-state index in [0.717, 1.165) is 42.7 Å². The van der Waals surface area contributed by atoms with Crippen molar-refractivity contribution in [2.45, 2.75) is 23.6 Å². The predicted octanol–water partition coefficient (Wildman–Crippen LogP) is 8.65. The standard InChI is InChI=1S/C44H42N2O/c1-7-19-36(20-8-1)43(37-21-9-2-10-22-37,38-23-11-3-12-24-38)46-33-32-45-42(35-46)31-34-47-44(39-25-13-4-14-26-39,40-27-15-5-16-28-40)41-29-17-6-18-30-41/h1-30,42,45H,31-35H2. The topological polar surface area (TPSA) is 24.5 Å². The summed E-state index contributed by atoms with van der Waals surface area (Å²) in [5.41, 5.74) is 6.10. The van der Waals surface area contributed by atoms with Crippen LogP contribution in [0.3, 0.4) is 0 Å². The van der Waals surface area contributed by atoms with Gasteiger partial charge in [-0.05, 0) is 39.8 Å². The zero-order chi connectivity index (χ0) is 31.8. The molecule has 47 heavy (non-hydrogen) atoms. The highest BCUT2D eigenvalue weighted by Crippen LogP contribution is 2.44. The molecule has 6 aromatic rings. The minimum Gasteiger partial charge on any atom is -0.361 e. The summed E-state index contributed by atoms with van der Waals surface area (Å²) in [6.45, 7) is 3.31. The van der Waals surface area contributed by atoms with E-state index in [1.165, 1.54) is 16.7 Å². The zero-order valence-electron chi connectivity index (χ0n) is 26.8. The van der Waals surface area contributed by atoms with Gasteiger partial charge in [-0.15, -0.1) is 0 Å². The van der Waals surface area contributed by atoms with Crippen LogP contribution in [0.4, 0.5) is 0 Å². The minimum absolute atomic E-state index is 0.249. The molecular formula is C44H42N2O. The highest BCUT2D eigenvalue weighted by atomic mass is 16.5. The van der Waals surface area contributed by atoms with E-state index in [4.69, 9.17) is 4.74 Å². The average molecular weight is 615 g/mol. The van der Waals surface area contributed by atoms with E-state index in [1.807, 2.05) is 0 Å². The predicted molar refractivity (Wildman–Crippen MR) is 192 cm³/mol. The van der Waals surface area contributed by atoms with Crippen molar-refractivity contribution < 1.29 is 4.74 Å². The Labute approximate surface area is 279 Å². The van der Waals surface area contributed by atoms with Crippen molar-refractivity contribution in [2.24, 2.45) is 0 Å². The van der Waals surface area contributed by atoms with Crippen LogP contribution in [0.2, 0.25) is 0 Å². The summed E-state index contributed by atoms with van der Waals surface area (Å²) < 4.78 is 7.21. The van der Waals surface area contributed by atoms with Gasteiger partial charge in [0.05, 0.1) is 12.1 Å². The van der Waals surface area contributed by atoms with Crippen LogP contribution >= 0.6 is 0 Å². The van der Waals surface area contributed by atoms with Gasteiger partial charge in [-0.3, -0.25) is 4.90 Å². The van der Waals surface area contributed by atoms with Crippen molar-refractivity contribution in [3.05, 3.63) is 215 Å². The summed E-state index contributed by atoms with van der Waals surface area (Å²) >= 11 is 0. The molecule has 1 aliphatic rings. The smallest absolute Gasteiger partial charge is 0.143 e. The monoisotopic (exact) mass is 614 g/mol. The Balaban J connectivity index is 1.22. The second-order valence-corrected chi connectivity index (χ2v) is 12.3. The van der Waals surface area contributed by atoms with E-state index >= 15 is 0 Å². The summed E-state index contributed by atoms with van der Waals surface area (Å²) in [6, 6.07) is 65.3. The lowest BCUT2D eigenvalue weighted by Crippen LogP contribution is -2.59. The Hall–Kier alpha value is -4.80. The van der Waals surface area contributed by atoms with Crippen LogP contribution in [-0.2, 0) is 15.9 Å². The third-order valence-corrected chi connectivity index (χ3v) is 9.63. The van der Waals surface area contributed by atoms with Crippen molar-refractivity contribution in [1.29, 1.82) is 0 Å². The SMILES string of the molecule is c1ccc(C(OCCC2CN(C(c3ccccc3)(c3ccccc3)c3ccccc3)CCN2)(c2ccccc2)c2ccccc2)cc1. The van der Waals surface area contributed by atoms with Gasteiger partial charge in [0, 0.05) is 25.7 Å². The Kier molecular flexibility index (Phi) is 9.39. The van der Waals surface area contributed by atoms with Crippen molar-refractivity contribution in [2.75, 3.05) is 26.2 Å². The molecule has 1 saturated heterocycles. The van der Waals surface area contributed by atoms with Gasteiger partial charge in [0.25, 0.3) is 0 Å². The van der Waals surface area contributed by atoms with Gasteiger partial charge in [-0.2, -0.15) is 0 Å². The molecule has 3 nitrogen and oxygen atoms in total.